The summed E-state index contributed by atoms with van der Waals surface area (Å²) in [7, 11) is 0. The van der Waals surface area contributed by atoms with Gasteiger partial charge in [-0.05, 0) is 18.9 Å². The molecule has 1 aromatic carbocycles. The fourth-order valence-corrected chi connectivity index (χ4v) is 3.87. The van der Waals surface area contributed by atoms with Gasteiger partial charge in [0.05, 0.1) is 30.3 Å². The molecule has 2 atom stereocenters. The van der Waals surface area contributed by atoms with Gasteiger partial charge in [0.2, 0.25) is 5.91 Å². The first-order valence-corrected chi connectivity index (χ1v) is 8.60. The van der Waals surface area contributed by atoms with Crippen LogP contribution in [0.15, 0.2) is 35.3 Å². The molecular weight excluding hydrogens is 306 g/mol. The highest BCUT2D eigenvalue weighted by Gasteiger charge is 2.36. The number of rotatable bonds is 2. The van der Waals surface area contributed by atoms with E-state index >= 15 is 0 Å². The molecule has 6 nitrogen and oxygen atoms in total. The molecule has 2 aromatic rings. The number of hydrogen-bond acceptors (Lipinski definition) is 4. The first-order chi connectivity index (χ1) is 11.7. The molecule has 2 heterocycles. The van der Waals surface area contributed by atoms with Gasteiger partial charge >= 0.3 is 0 Å². The van der Waals surface area contributed by atoms with Crippen LogP contribution in [0.2, 0.25) is 0 Å². The third-order valence-corrected chi connectivity index (χ3v) is 5.10. The summed E-state index contributed by atoms with van der Waals surface area (Å²) in [4.78, 5) is 27.2. The van der Waals surface area contributed by atoms with Crippen LogP contribution in [-0.2, 0) is 16.1 Å². The zero-order valence-electron chi connectivity index (χ0n) is 13.6. The molecule has 24 heavy (non-hydrogen) atoms. The van der Waals surface area contributed by atoms with Crippen LogP contribution < -0.4 is 5.56 Å². The van der Waals surface area contributed by atoms with Crippen molar-refractivity contribution in [2.45, 2.75) is 44.4 Å². The lowest BCUT2D eigenvalue weighted by Crippen LogP contribution is -2.55. The van der Waals surface area contributed by atoms with Crippen molar-refractivity contribution in [3.63, 3.8) is 0 Å². The van der Waals surface area contributed by atoms with Gasteiger partial charge in [-0.15, -0.1) is 0 Å². The molecule has 1 aliphatic heterocycles. The predicted octanol–water partition coefficient (Wildman–Crippen LogP) is 1.57. The van der Waals surface area contributed by atoms with E-state index in [4.69, 9.17) is 4.74 Å². The van der Waals surface area contributed by atoms with E-state index < -0.39 is 0 Å². The minimum atomic E-state index is -0.213. The van der Waals surface area contributed by atoms with Crippen molar-refractivity contribution in [2.24, 2.45) is 0 Å². The molecule has 1 aromatic heterocycles. The van der Waals surface area contributed by atoms with Gasteiger partial charge in [-0.25, -0.2) is 4.68 Å². The molecule has 2 aliphatic rings. The molecule has 1 saturated carbocycles. The third kappa shape index (κ3) is 2.71. The summed E-state index contributed by atoms with van der Waals surface area (Å²) in [5, 5.41) is 5.56. The number of carbonyl (C=O) groups excluding carboxylic acids is 1. The van der Waals surface area contributed by atoms with Gasteiger partial charge in [0, 0.05) is 11.9 Å². The van der Waals surface area contributed by atoms with Gasteiger partial charge in [0.25, 0.3) is 5.56 Å². The maximum absolute atomic E-state index is 12.8. The van der Waals surface area contributed by atoms with E-state index in [2.05, 4.69) is 5.10 Å². The number of carbonyl (C=O) groups is 1. The van der Waals surface area contributed by atoms with Gasteiger partial charge in [-0.2, -0.15) is 5.10 Å². The van der Waals surface area contributed by atoms with Crippen molar-refractivity contribution in [3.05, 3.63) is 40.8 Å². The summed E-state index contributed by atoms with van der Waals surface area (Å²) in [6.45, 7) is 1.17. The molecular formula is C18H21N3O3. The zero-order chi connectivity index (χ0) is 16.5. The van der Waals surface area contributed by atoms with Crippen molar-refractivity contribution in [1.82, 2.24) is 14.7 Å². The van der Waals surface area contributed by atoms with E-state index in [0.29, 0.717) is 18.5 Å². The summed E-state index contributed by atoms with van der Waals surface area (Å²) >= 11 is 0. The topological polar surface area (TPSA) is 64.4 Å². The Kier molecular flexibility index (Phi) is 4.06. The molecule has 6 heteroatoms. The molecule has 1 amide bonds. The highest BCUT2D eigenvalue weighted by Crippen LogP contribution is 2.28. The smallest absolute Gasteiger partial charge is 0.275 e. The predicted molar refractivity (Wildman–Crippen MR) is 89.7 cm³/mol. The van der Waals surface area contributed by atoms with Crippen LogP contribution in [0.3, 0.4) is 0 Å². The van der Waals surface area contributed by atoms with E-state index in [1.165, 1.54) is 4.68 Å². The van der Waals surface area contributed by atoms with Crippen LogP contribution in [0.5, 0.6) is 0 Å². The Labute approximate surface area is 140 Å². The normalized spacial score (nSPS) is 23.9. The lowest BCUT2D eigenvalue weighted by atomic mass is 9.90. The second-order valence-electron chi connectivity index (χ2n) is 6.54. The Bertz CT molecular complexity index is 815. The summed E-state index contributed by atoms with van der Waals surface area (Å²) in [6.07, 6.45) is 6.08. The zero-order valence-corrected chi connectivity index (χ0v) is 13.6. The molecule has 4 rings (SSSR count). The second-order valence-corrected chi connectivity index (χ2v) is 6.54. The molecule has 0 spiro atoms. The molecule has 0 radical (unpaired) electrons. The second kappa shape index (κ2) is 6.36. The first-order valence-electron chi connectivity index (χ1n) is 8.60. The highest BCUT2D eigenvalue weighted by atomic mass is 16.5. The lowest BCUT2D eigenvalue weighted by Gasteiger charge is -2.43. The maximum Gasteiger partial charge on any atom is 0.275 e. The minimum absolute atomic E-state index is 0.00706. The van der Waals surface area contributed by atoms with Crippen molar-refractivity contribution in [3.8, 4) is 0 Å². The fraction of sp³-hybridized carbons (Fsp3) is 0.500. The van der Waals surface area contributed by atoms with Crippen LogP contribution in [-0.4, -0.2) is 45.9 Å². The average Bonchev–Trinajstić information content (AvgIpc) is 2.63. The van der Waals surface area contributed by atoms with Crippen LogP contribution in [0.1, 0.15) is 25.7 Å². The van der Waals surface area contributed by atoms with Crippen LogP contribution in [0, 0.1) is 0 Å². The van der Waals surface area contributed by atoms with Gasteiger partial charge in [0.15, 0.2) is 0 Å². The van der Waals surface area contributed by atoms with Gasteiger partial charge in [-0.3, -0.25) is 9.59 Å². The number of hydrogen-bond donors (Lipinski definition) is 0. The summed E-state index contributed by atoms with van der Waals surface area (Å²) < 4.78 is 7.09. The third-order valence-electron chi connectivity index (χ3n) is 5.10. The molecule has 0 bridgehead atoms. The quantitative estimate of drug-likeness (QED) is 0.840. The molecule has 1 aliphatic carbocycles. The number of morpholine rings is 1. The Morgan fingerprint density at radius 2 is 2.08 bits per heavy atom. The lowest BCUT2D eigenvalue weighted by molar-refractivity contribution is -0.150. The van der Waals surface area contributed by atoms with E-state index in [0.717, 1.165) is 31.1 Å². The standard InChI is InChI=1S/C18H21N3O3/c22-17(20-9-10-24-16-8-4-3-7-15(16)20)12-21-18(23)14-6-2-1-5-13(14)11-19-21/h1-2,5-6,11,15-16H,3-4,7-10,12H2/t15-,16+/m1/s1. The number of ether oxygens (including phenoxy) is 1. The largest absolute Gasteiger partial charge is 0.374 e. The maximum atomic E-state index is 12.8. The van der Waals surface area contributed by atoms with E-state index in [9.17, 15) is 9.59 Å². The number of benzene rings is 1. The summed E-state index contributed by atoms with van der Waals surface area (Å²) in [5.41, 5.74) is -0.213. The van der Waals surface area contributed by atoms with Crippen molar-refractivity contribution >= 4 is 16.7 Å². The van der Waals surface area contributed by atoms with Gasteiger partial charge in [0.1, 0.15) is 6.54 Å². The van der Waals surface area contributed by atoms with Crippen LogP contribution >= 0.6 is 0 Å². The van der Waals surface area contributed by atoms with Crippen molar-refractivity contribution < 1.29 is 9.53 Å². The monoisotopic (exact) mass is 327 g/mol. The van der Waals surface area contributed by atoms with Crippen LogP contribution in [0.4, 0.5) is 0 Å². The number of fused-ring (bicyclic) bond motifs is 2. The Morgan fingerprint density at radius 1 is 1.25 bits per heavy atom. The molecule has 1 saturated heterocycles. The molecule has 0 unspecified atom stereocenters. The van der Waals surface area contributed by atoms with E-state index in [-0.39, 0.29) is 30.2 Å². The van der Waals surface area contributed by atoms with Gasteiger partial charge < -0.3 is 9.64 Å². The van der Waals surface area contributed by atoms with Crippen molar-refractivity contribution in [2.75, 3.05) is 13.2 Å². The SMILES string of the molecule is O=C(Cn1ncc2ccccc2c1=O)N1CCO[C@H]2CCCC[C@H]21. The Balaban J connectivity index is 1.57. The Morgan fingerprint density at radius 3 is 3.00 bits per heavy atom. The van der Waals surface area contributed by atoms with Gasteiger partial charge in [-0.1, -0.05) is 31.0 Å². The average molecular weight is 327 g/mol. The minimum Gasteiger partial charge on any atom is -0.374 e. The van der Waals surface area contributed by atoms with E-state index in [1.807, 2.05) is 23.1 Å². The number of amides is 1. The first kappa shape index (κ1) is 15.3. The molecule has 2 fully saturated rings. The summed E-state index contributed by atoms with van der Waals surface area (Å²) in [6, 6.07) is 7.47. The number of aromatic nitrogens is 2. The van der Waals surface area contributed by atoms with E-state index in [1.54, 1.807) is 12.3 Å². The fourth-order valence-electron chi connectivity index (χ4n) is 3.87. The van der Waals surface area contributed by atoms with Crippen LogP contribution in [0.25, 0.3) is 10.8 Å². The molecule has 126 valence electrons. The summed E-state index contributed by atoms with van der Waals surface area (Å²) in [5.74, 6) is -0.0416. The highest BCUT2D eigenvalue weighted by molar-refractivity contribution is 5.81. The Hall–Kier alpha value is -2.21. The number of nitrogens with zero attached hydrogens (tertiary/aromatic N) is 3. The molecule has 0 N–H and O–H groups in total. The van der Waals surface area contributed by atoms with Crippen molar-refractivity contribution in [1.29, 1.82) is 0 Å².